The van der Waals surface area contributed by atoms with Crippen molar-refractivity contribution in [2.75, 3.05) is 79.0 Å². The van der Waals surface area contributed by atoms with E-state index < -0.39 is 12.5 Å². The van der Waals surface area contributed by atoms with Crippen LogP contribution >= 0.6 is 0 Å². The molecule has 3 rings (SSSR count). The Balaban J connectivity index is 1.45. The molecule has 7 nitrogen and oxygen atoms in total. The maximum atomic E-state index is 15.0. The number of piperidine rings is 1. The summed E-state index contributed by atoms with van der Waals surface area (Å²) >= 11 is 0. The molecule has 28 heavy (non-hydrogen) atoms. The lowest BCUT2D eigenvalue weighted by Gasteiger charge is -2.48. The van der Waals surface area contributed by atoms with E-state index in [0.29, 0.717) is 6.54 Å². The molecule has 3 heterocycles. The lowest BCUT2D eigenvalue weighted by molar-refractivity contribution is -0.140. The second kappa shape index (κ2) is 10.6. The summed E-state index contributed by atoms with van der Waals surface area (Å²) in [5.74, 6) is 0. The normalized spacial score (nSPS) is 34.0. The van der Waals surface area contributed by atoms with Crippen molar-refractivity contribution in [1.29, 1.82) is 0 Å². The second-order valence-electron chi connectivity index (χ2n) is 8.89. The van der Waals surface area contributed by atoms with Crippen LogP contribution in [0.3, 0.4) is 0 Å². The zero-order valence-corrected chi connectivity index (χ0v) is 17.8. The Labute approximate surface area is 170 Å². The zero-order valence-electron chi connectivity index (χ0n) is 17.8. The number of piperazine rings is 2. The van der Waals surface area contributed by atoms with Crippen LogP contribution in [0, 0.1) is 0 Å². The summed E-state index contributed by atoms with van der Waals surface area (Å²) in [5.41, 5.74) is 6.42. The first kappa shape index (κ1) is 22.3. The fourth-order valence-corrected chi connectivity index (χ4v) is 4.92. The van der Waals surface area contributed by atoms with Gasteiger partial charge in [-0.1, -0.05) is 19.8 Å². The standard InChI is InChI=1S/C20H41FN6O/c1-3-4-5-6-24-15-17(21)19(18(22)16-24)25-11-13-27(14-12-25)20(28)26-9-7-23(2)8-10-26/h17-20,28H,3-16,22H2,1-2H3. The van der Waals surface area contributed by atoms with Crippen LogP contribution < -0.4 is 5.73 Å². The number of likely N-dealkylation sites (tertiary alicyclic amines) is 1. The van der Waals surface area contributed by atoms with Crippen molar-refractivity contribution >= 4 is 0 Å². The van der Waals surface area contributed by atoms with Crippen molar-refractivity contribution in [1.82, 2.24) is 24.5 Å². The molecule has 3 N–H and O–H groups in total. The average molecular weight is 401 g/mol. The molecule has 0 amide bonds. The summed E-state index contributed by atoms with van der Waals surface area (Å²) in [4.78, 5) is 11.0. The summed E-state index contributed by atoms with van der Waals surface area (Å²) in [6, 6.07) is -0.329. The van der Waals surface area contributed by atoms with Gasteiger partial charge in [-0.05, 0) is 20.0 Å². The van der Waals surface area contributed by atoms with E-state index in [1.165, 1.54) is 12.8 Å². The Kier molecular flexibility index (Phi) is 8.47. The molecule has 8 heteroatoms. The van der Waals surface area contributed by atoms with Crippen molar-refractivity contribution in [3.8, 4) is 0 Å². The van der Waals surface area contributed by atoms with Crippen LogP contribution in [-0.2, 0) is 0 Å². The van der Waals surface area contributed by atoms with Crippen molar-refractivity contribution in [2.24, 2.45) is 5.73 Å². The van der Waals surface area contributed by atoms with Gasteiger partial charge < -0.3 is 15.7 Å². The number of rotatable bonds is 7. The molecule has 4 unspecified atom stereocenters. The average Bonchev–Trinajstić information content (AvgIpc) is 2.68. The molecule has 3 aliphatic heterocycles. The van der Waals surface area contributed by atoms with E-state index >= 15 is 0 Å². The Morgan fingerprint density at radius 1 is 0.964 bits per heavy atom. The highest BCUT2D eigenvalue weighted by Gasteiger charge is 2.40. The van der Waals surface area contributed by atoms with Crippen molar-refractivity contribution < 1.29 is 9.50 Å². The Bertz CT molecular complexity index is 444. The molecule has 164 valence electrons. The van der Waals surface area contributed by atoms with Gasteiger partial charge in [0.2, 0.25) is 0 Å². The Morgan fingerprint density at radius 3 is 2.14 bits per heavy atom. The molecular weight excluding hydrogens is 359 g/mol. The van der Waals surface area contributed by atoms with Gasteiger partial charge in [-0.3, -0.25) is 19.6 Å². The molecule has 0 aromatic heterocycles. The van der Waals surface area contributed by atoms with E-state index in [-0.39, 0.29) is 12.1 Å². The van der Waals surface area contributed by atoms with E-state index in [9.17, 15) is 9.50 Å². The minimum absolute atomic E-state index is 0.139. The highest BCUT2D eigenvalue weighted by atomic mass is 19.1. The van der Waals surface area contributed by atoms with Gasteiger partial charge in [0.25, 0.3) is 0 Å². The topological polar surface area (TPSA) is 62.5 Å². The minimum atomic E-state index is -0.889. The van der Waals surface area contributed by atoms with E-state index in [1.54, 1.807) is 0 Å². The van der Waals surface area contributed by atoms with Gasteiger partial charge in [-0.25, -0.2) is 4.39 Å². The molecule has 0 bridgehead atoms. The molecule has 0 radical (unpaired) electrons. The lowest BCUT2D eigenvalue weighted by Crippen LogP contribution is -2.67. The van der Waals surface area contributed by atoms with Gasteiger partial charge in [0.05, 0.1) is 6.04 Å². The number of likely N-dealkylation sites (N-methyl/N-ethyl adjacent to an activating group) is 1. The molecule has 0 saturated carbocycles. The fourth-order valence-electron chi connectivity index (χ4n) is 4.92. The maximum absolute atomic E-state index is 15.0. The van der Waals surface area contributed by atoms with Crippen molar-refractivity contribution in [3.05, 3.63) is 0 Å². The van der Waals surface area contributed by atoms with Crippen LogP contribution in [0.5, 0.6) is 0 Å². The molecule has 0 aromatic carbocycles. The third kappa shape index (κ3) is 5.62. The molecular formula is C20H41FN6O. The summed E-state index contributed by atoms with van der Waals surface area (Å²) < 4.78 is 15.0. The molecule has 3 aliphatic rings. The van der Waals surface area contributed by atoms with E-state index in [4.69, 9.17) is 5.73 Å². The number of hydrogen-bond donors (Lipinski definition) is 2. The highest BCUT2D eigenvalue weighted by Crippen LogP contribution is 2.22. The number of aliphatic hydroxyl groups excluding tert-OH is 1. The van der Waals surface area contributed by atoms with Crippen LogP contribution in [0.2, 0.25) is 0 Å². The highest BCUT2D eigenvalue weighted by molar-refractivity contribution is 4.97. The van der Waals surface area contributed by atoms with Crippen LogP contribution in [0.4, 0.5) is 4.39 Å². The van der Waals surface area contributed by atoms with Gasteiger partial charge in [0.15, 0.2) is 6.35 Å². The van der Waals surface area contributed by atoms with E-state index in [1.807, 2.05) is 0 Å². The SMILES string of the molecule is CCCCCN1CC(N)C(N2CCN(C(O)N3CCN(C)CC3)CC2)C(F)C1. The number of aliphatic hydroxyl groups is 1. The van der Waals surface area contributed by atoms with Gasteiger partial charge in [0.1, 0.15) is 6.17 Å². The molecule has 4 atom stereocenters. The molecule has 0 aromatic rings. The monoisotopic (exact) mass is 400 g/mol. The van der Waals surface area contributed by atoms with Crippen molar-refractivity contribution in [3.63, 3.8) is 0 Å². The first-order valence-corrected chi connectivity index (χ1v) is 11.2. The van der Waals surface area contributed by atoms with Crippen LogP contribution in [0.1, 0.15) is 26.2 Å². The third-order valence-electron chi connectivity index (χ3n) is 6.75. The summed E-state index contributed by atoms with van der Waals surface area (Å²) in [6.45, 7) is 11.3. The summed E-state index contributed by atoms with van der Waals surface area (Å²) in [7, 11) is 2.12. The van der Waals surface area contributed by atoms with Crippen LogP contribution in [0.15, 0.2) is 0 Å². The number of alkyl halides is 1. The third-order valence-corrected chi connectivity index (χ3v) is 6.75. The summed E-state index contributed by atoms with van der Waals surface area (Å²) in [6.07, 6.45) is 2.10. The van der Waals surface area contributed by atoms with Crippen LogP contribution in [-0.4, -0.2) is 133 Å². The zero-order chi connectivity index (χ0) is 20.1. The van der Waals surface area contributed by atoms with Crippen LogP contribution in [0.25, 0.3) is 0 Å². The molecule has 3 saturated heterocycles. The first-order chi connectivity index (χ1) is 13.5. The predicted octanol–water partition coefficient (Wildman–Crippen LogP) is -0.333. The molecule has 3 fully saturated rings. The maximum Gasteiger partial charge on any atom is 0.165 e. The van der Waals surface area contributed by atoms with E-state index in [0.717, 1.165) is 71.9 Å². The fraction of sp³-hybridized carbons (Fsp3) is 1.00. The number of nitrogens with two attached hydrogens (primary N) is 1. The smallest absolute Gasteiger partial charge is 0.165 e. The van der Waals surface area contributed by atoms with Gasteiger partial charge in [-0.15, -0.1) is 0 Å². The second-order valence-corrected chi connectivity index (χ2v) is 8.89. The first-order valence-electron chi connectivity index (χ1n) is 11.2. The van der Waals surface area contributed by atoms with Crippen molar-refractivity contribution in [2.45, 2.75) is 50.8 Å². The van der Waals surface area contributed by atoms with Gasteiger partial charge in [-0.2, -0.15) is 0 Å². The summed E-state index contributed by atoms with van der Waals surface area (Å²) in [5, 5.41) is 10.7. The van der Waals surface area contributed by atoms with Gasteiger partial charge >= 0.3 is 0 Å². The lowest BCUT2D eigenvalue weighted by atomic mass is 9.95. The van der Waals surface area contributed by atoms with Gasteiger partial charge in [0, 0.05) is 71.5 Å². The molecule has 0 spiro atoms. The largest absolute Gasteiger partial charge is 0.365 e. The number of nitrogens with zero attached hydrogens (tertiary/aromatic N) is 5. The minimum Gasteiger partial charge on any atom is -0.365 e. The number of halogens is 1. The van der Waals surface area contributed by atoms with E-state index in [2.05, 4.69) is 38.5 Å². The predicted molar refractivity (Wildman–Crippen MR) is 111 cm³/mol. The molecule has 0 aliphatic carbocycles. The Hall–Kier alpha value is -0.350. The quantitative estimate of drug-likeness (QED) is 0.567. The Morgan fingerprint density at radius 2 is 1.57 bits per heavy atom. The number of hydrogen-bond acceptors (Lipinski definition) is 7. The number of unbranched alkanes of at least 4 members (excludes halogenated alkanes) is 2.